The molecule has 0 aliphatic carbocycles. The smallest absolute Gasteiger partial charge is 0.346 e. The third kappa shape index (κ3) is 3.73. The number of nitrogens with zero attached hydrogens (tertiary/aromatic N) is 1. The number of aromatic nitrogens is 2. The minimum absolute atomic E-state index is 0.198. The van der Waals surface area contributed by atoms with E-state index in [-0.39, 0.29) is 16.3 Å². The van der Waals surface area contributed by atoms with Crippen LogP contribution in [0.5, 0.6) is 11.5 Å². The van der Waals surface area contributed by atoms with Crippen LogP contribution in [0.25, 0.3) is 22.3 Å². The van der Waals surface area contributed by atoms with Crippen LogP contribution >= 0.6 is 11.6 Å². The first-order valence-electron chi connectivity index (χ1n) is 8.06. The van der Waals surface area contributed by atoms with Gasteiger partial charge in [-0.25, -0.2) is 9.78 Å². The van der Waals surface area contributed by atoms with Gasteiger partial charge >= 0.3 is 5.97 Å². The van der Waals surface area contributed by atoms with Crippen LogP contribution in [0.3, 0.4) is 0 Å². The lowest BCUT2D eigenvalue weighted by Crippen LogP contribution is -2.25. The predicted octanol–water partition coefficient (Wildman–Crippen LogP) is 3.19. The number of nitrogens with one attached hydrogen (secondary N) is 1. The van der Waals surface area contributed by atoms with Crippen molar-refractivity contribution >= 4 is 28.5 Å². The number of methoxy groups -OCH3 is 2. The van der Waals surface area contributed by atoms with Gasteiger partial charge in [0.05, 0.1) is 30.1 Å². The standard InChI is InChI=1S/C19H17ClN2O5/c1-10(19(24)26-3)27-16-13(20)8-11(9-15(16)25-2)17-21-14-7-5-4-6-12(14)18(23)22-17/h4-10H,1-3H3,(H,21,22,23). The monoisotopic (exact) mass is 388 g/mol. The van der Waals surface area contributed by atoms with Gasteiger partial charge in [-0.2, -0.15) is 0 Å². The molecule has 3 aromatic rings. The summed E-state index contributed by atoms with van der Waals surface area (Å²) in [7, 11) is 2.72. The van der Waals surface area contributed by atoms with E-state index < -0.39 is 12.1 Å². The summed E-state index contributed by atoms with van der Waals surface area (Å²) in [5, 5.41) is 0.696. The summed E-state index contributed by atoms with van der Waals surface area (Å²) in [5.41, 5.74) is 0.842. The molecule has 1 unspecified atom stereocenters. The Morgan fingerprint density at radius 2 is 1.96 bits per heavy atom. The van der Waals surface area contributed by atoms with Crippen molar-refractivity contribution < 1.29 is 19.0 Å². The summed E-state index contributed by atoms with van der Waals surface area (Å²) in [4.78, 5) is 31.1. The van der Waals surface area contributed by atoms with Crippen molar-refractivity contribution in [1.82, 2.24) is 9.97 Å². The molecular formula is C19H17ClN2O5. The molecule has 0 fully saturated rings. The van der Waals surface area contributed by atoms with Gasteiger partial charge in [0.1, 0.15) is 5.82 Å². The minimum atomic E-state index is -0.870. The maximum atomic E-state index is 12.3. The highest BCUT2D eigenvalue weighted by atomic mass is 35.5. The SMILES string of the molecule is COC(=O)C(C)Oc1c(Cl)cc(-c2nc3ccccc3c(=O)[nH]2)cc1OC. The first-order chi connectivity index (χ1) is 12.9. The Morgan fingerprint density at radius 3 is 2.67 bits per heavy atom. The number of carbonyl (C=O) groups is 1. The van der Waals surface area contributed by atoms with E-state index in [9.17, 15) is 9.59 Å². The second kappa shape index (κ2) is 7.67. The van der Waals surface area contributed by atoms with Crippen LogP contribution < -0.4 is 15.0 Å². The van der Waals surface area contributed by atoms with E-state index >= 15 is 0 Å². The molecule has 3 rings (SSSR count). The summed E-state index contributed by atoms with van der Waals surface area (Å²) < 4.78 is 15.6. The number of fused-ring (bicyclic) bond motifs is 1. The van der Waals surface area contributed by atoms with Crippen molar-refractivity contribution in [1.29, 1.82) is 0 Å². The molecule has 1 N–H and O–H groups in total. The lowest BCUT2D eigenvalue weighted by atomic mass is 10.1. The number of halogens is 1. The van der Waals surface area contributed by atoms with Crippen molar-refractivity contribution in [2.24, 2.45) is 0 Å². The van der Waals surface area contributed by atoms with Crippen LogP contribution in [0.2, 0.25) is 5.02 Å². The topological polar surface area (TPSA) is 90.5 Å². The Morgan fingerprint density at radius 1 is 1.22 bits per heavy atom. The average molecular weight is 389 g/mol. The summed E-state index contributed by atoms with van der Waals surface area (Å²) in [6, 6.07) is 10.2. The van der Waals surface area contributed by atoms with Crippen molar-refractivity contribution in [3.63, 3.8) is 0 Å². The second-order valence-electron chi connectivity index (χ2n) is 5.70. The fourth-order valence-electron chi connectivity index (χ4n) is 2.58. The van der Waals surface area contributed by atoms with E-state index in [1.807, 2.05) is 0 Å². The number of esters is 1. The van der Waals surface area contributed by atoms with Crippen LogP contribution in [-0.4, -0.2) is 36.3 Å². The zero-order chi connectivity index (χ0) is 19.6. The molecule has 8 heteroatoms. The van der Waals surface area contributed by atoms with E-state index in [4.69, 9.17) is 21.1 Å². The molecule has 7 nitrogen and oxygen atoms in total. The Balaban J connectivity index is 2.07. The molecule has 0 amide bonds. The zero-order valence-corrected chi connectivity index (χ0v) is 15.7. The van der Waals surface area contributed by atoms with Gasteiger partial charge in [-0.15, -0.1) is 0 Å². The maximum Gasteiger partial charge on any atom is 0.346 e. The quantitative estimate of drug-likeness (QED) is 0.675. The number of hydrogen-bond donors (Lipinski definition) is 1. The van der Waals surface area contributed by atoms with E-state index in [0.29, 0.717) is 28.0 Å². The number of H-pyrrole nitrogens is 1. The third-order valence-corrected chi connectivity index (χ3v) is 4.22. The summed E-state index contributed by atoms with van der Waals surface area (Å²) in [6.45, 7) is 1.54. The van der Waals surface area contributed by atoms with Crippen LogP contribution in [-0.2, 0) is 9.53 Å². The molecular weight excluding hydrogens is 372 g/mol. The Labute approximate surface area is 159 Å². The van der Waals surface area contributed by atoms with Gasteiger partial charge in [-0.1, -0.05) is 23.7 Å². The Hall–Kier alpha value is -3.06. The van der Waals surface area contributed by atoms with Gasteiger partial charge < -0.3 is 19.2 Å². The molecule has 1 atom stereocenters. The summed E-state index contributed by atoms with van der Waals surface area (Å²) >= 11 is 6.34. The molecule has 0 spiro atoms. The lowest BCUT2D eigenvalue weighted by Gasteiger charge is -2.17. The number of rotatable bonds is 5. The first kappa shape index (κ1) is 18.7. The van der Waals surface area contributed by atoms with Gasteiger partial charge in [-0.3, -0.25) is 4.79 Å². The maximum absolute atomic E-state index is 12.3. The van der Waals surface area contributed by atoms with Crippen molar-refractivity contribution in [3.8, 4) is 22.9 Å². The minimum Gasteiger partial charge on any atom is -0.493 e. The zero-order valence-electron chi connectivity index (χ0n) is 14.9. The molecule has 0 aliphatic heterocycles. The van der Waals surface area contributed by atoms with Crippen LogP contribution in [0, 0.1) is 0 Å². The summed E-state index contributed by atoms with van der Waals surface area (Å²) in [5.74, 6) is 0.289. The number of carbonyl (C=O) groups excluding carboxylic acids is 1. The fraction of sp³-hybridized carbons (Fsp3) is 0.211. The van der Waals surface area contributed by atoms with Gasteiger partial charge in [0.2, 0.25) is 0 Å². The van der Waals surface area contributed by atoms with Crippen molar-refractivity contribution in [2.45, 2.75) is 13.0 Å². The normalized spacial score (nSPS) is 11.9. The van der Waals surface area contributed by atoms with Crippen molar-refractivity contribution in [3.05, 3.63) is 51.8 Å². The first-order valence-corrected chi connectivity index (χ1v) is 8.44. The van der Waals surface area contributed by atoms with Gasteiger partial charge in [0.15, 0.2) is 17.6 Å². The number of hydrogen-bond acceptors (Lipinski definition) is 6. The molecule has 2 aromatic carbocycles. The molecule has 27 heavy (non-hydrogen) atoms. The number of benzene rings is 2. The molecule has 1 aromatic heterocycles. The molecule has 0 saturated carbocycles. The van der Waals surface area contributed by atoms with Crippen LogP contribution in [0.4, 0.5) is 0 Å². The highest BCUT2D eigenvalue weighted by molar-refractivity contribution is 6.32. The molecule has 1 heterocycles. The fourth-order valence-corrected chi connectivity index (χ4v) is 2.84. The number of para-hydroxylation sites is 1. The molecule has 0 radical (unpaired) electrons. The predicted molar refractivity (Wildman–Crippen MR) is 101 cm³/mol. The largest absolute Gasteiger partial charge is 0.493 e. The molecule has 140 valence electrons. The number of ether oxygens (including phenoxy) is 3. The van der Waals surface area contributed by atoms with E-state index in [1.165, 1.54) is 21.1 Å². The second-order valence-corrected chi connectivity index (χ2v) is 6.11. The van der Waals surface area contributed by atoms with Gasteiger partial charge in [-0.05, 0) is 31.2 Å². The molecule has 0 bridgehead atoms. The Kier molecular flexibility index (Phi) is 5.32. The Bertz CT molecular complexity index is 1060. The van der Waals surface area contributed by atoms with Crippen LogP contribution in [0.1, 0.15) is 6.92 Å². The van der Waals surface area contributed by atoms with Crippen molar-refractivity contribution in [2.75, 3.05) is 14.2 Å². The van der Waals surface area contributed by atoms with E-state index in [0.717, 1.165) is 0 Å². The third-order valence-electron chi connectivity index (χ3n) is 3.94. The van der Waals surface area contributed by atoms with Crippen LogP contribution in [0.15, 0.2) is 41.2 Å². The molecule has 0 saturated heterocycles. The lowest BCUT2D eigenvalue weighted by molar-refractivity contribution is -0.147. The van der Waals surface area contributed by atoms with E-state index in [1.54, 1.807) is 36.4 Å². The molecule has 0 aliphatic rings. The average Bonchev–Trinajstić information content (AvgIpc) is 2.68. The van der Waals surface area contributed by atoms with E-state index in [2.05, 4.69) is 14.7 Å². The summed E-state index contributed by atoms with van der Waals surface area (Å²) in [6.07, 6.45) is -0.870. The highest BCUT2D eigenvalue weighted by Crippen LogP contribution is 2.39. The highest BCUT2D eigenvalue weighted by Gasteiger charge is 2.21. The van der Waals surface area contributed by atoms with Gasteiger partial charge in [0, 0.05) is 5.56 Å². The van der Waals surface area contributed by atoms with Gasteiger partial charge in [0.25, 0.3) is 5.56 Å². The number of aromatic amines is 1.